The lowest BCUT2D eigenvalue weighted by Gasteiger charge is -2.10. The second-order valence-electron chi connectivity index (χ2n) is 5.20. The Bertz CT molecular complexity index is 908. The van der Waals surface area contributed by atoms with Crippen LogP contribution in [-0.4, -0.2) is 17.1 Å². The lowest BCUT2D eigenvalue weighted by Crippen LogP contribution is -2.05. The molecule has 3 rings (SSSR count). The van der Waals surface area contributed by atoms with Crippen LogP contribution in [0.4, 0.5) is 19.1 Å². The molecule has 3 aromatic rings. The number of alkyl halides is 3. The fourth-order valence-corrected chi connectivity index (χ4v) is 2.69. The number of aromatic hydroxyl groups is 1. The number of benzene rings is 1. The third-order valence-electron chi connectivity index (χ3n) is 3.55. The van der Waals surface area contributed by atoms with Gasteiger partial charge in [0.2, 0.25) is 5.88 Å². The normalized spacial score (nSPS) is 11.6. The van der Waals surface area contributed by atoms with Gasteiger partial charge in [-0.3, -0.25) is 4.98 Å². The molecule has 2 N–H and O–H groups in total. The highest BCUT2D eigenvalue weighted by molar-refractivity contribution is 6.31. The molecule has 0 aliphatic rings. The summed E-state index contributed by atoms with van der Waals surface area (Å²) in [5.41, 5.74) is -0.253. The second kappa shape index (κ2) is 6.33. The molecule has 0 spiro atoms. The van der Waals surface area contributed by atoms with Gasteiger partial charge in [0.05, 0.1) is 11.1 Å². The molecule has 0 fully saturated rings. The molecule has 0 amide bonds. The van der Waals surface area contributed by atoms with Crippen molar-refractivity contribution in [2.24, 2.45) is 0 Å². The van der Waals surface area contributed by atoms with E-state index >= 15 is 0 Å². The standard InChI is InChI=1S/C17H12ClF3N2O2/c1-22-16-13(10-5-11(17(19,20)21)7-12(18)6-10)14(24)15(25-16)9-3-2-4-23-8-9/h2-8,22,24H,1H3. The lowest BCUT2D eigenvalue weighted by molar-refractivity contribution is -0.137. The number of aromatic nitrogens is 1. The molecule has 0 radical (unpaired) electrons. The number of pyridine rings is 1. The van der Waals surface area contributed by atoms with Crippen LogP contribution in [0, 0.1) is 0 Å². The SMILES string of the molecule is CNc1oc(-c2cccnc2)c(O)c1-c1cc(Cl)cc(C(F)(F)F)c1. The van der Waals surface area contributed by atoms with E-state index in [4.69, 9.17) is 16.0 Å². The zero-order chi connectivity index (χ0) is 18.2. The number of hydrogen-bond acceptors (Lipinski definition) is 4. The molecule has 0 saturated carbocycles. The molecule has 130 valence electrons. The minimum absolute atomic E-state index is 0.0839. The van der Waals surface area contributed by atoms with Crippen molar-refractivity contribution < 1.29 is 22.7 Å². The molecule has 1 aromatic carbocycles. The van der Waals surface area contributed by atoms with Crippen LogP contribution in [0.15, 0.2) is 47.1 Å². The van der Waals surface area contributed by atoms with E-state index < -0.39 is 11.7 Å². The first-order chi connectivity index (χ1) is 11.8. The first-order valence-corrected chi connectivity index (χ1v) is 7.51. The van der Waals surface area contributed by atoms with Crippen LogP contribution >= 0.6 is 11.6 Å². The summed E-state index contributed by atoms with van der Waals surface area (Å²) in [4.78, 5) is 3.94. The van der Waals surface area contributed by atoms with E-state index in [1.54, 1.807) is 18.3 Å². The Morgan fingerprint density at radius 2 is 1.96 bits per heavy atom. The molecule has 4 nitrogen and oxygen atoms in total. The summed E-state index contributed by atoms with van der Waals surface area (Å²) in [7, 11) is 1.53. The van der Waals surface area contributed by atoms with Gasteiger partial charge in [-0.1, -0.05) is 11.6 Å². The summed E-state index contributed by atoms with van der Waals surface area (Å²) >= 11 is 5.83. The predicted molar refractivity (Wildman–Crippen MR) is 88.6 cm³/mol. The zero-order valence-corrected chi connectivity index (χ0v) is 13.6. The van der Waals surface area contributed by atoms with Gasteiger partial charge >= 0.3 is 6.18 Å². The van der Waals surface area contributed by atoms with Crippen LogP contribution in [0.2, 0.25) is 5.02 Å². The van der Waals surface area contributed by atoms with Gasteiger partial charge in [0, 0.05) is 30.0 Å². The topological polar surface area (TPSA) is 58.3 Å². The van der Waals surface area contributed by atoms with Crippen LogP contribution in [0.3, 0.4) is 0 Å². The van der Waals surface area contributed by atoms with Gasteiger partial charge in [-0.15, -0.1) is 0 Å². The Morgan fingerprint density at radius 3 is 2.56 bits per heavy atom. The number of hydrogen-bond donors (Lipinski definition) is 2. The van der Waals surface area contributed by atoms with Crippen LogP contribution in [0.25, 0.3) is 22.5 Å². The predicted octanol–water partition coefficient (Wildman–Crippen LogP) is 5.43. The van der Waals surface area contributed by atoms with Crippen LogP contribution in [0.5, 0.6) is 5.75 Å². The molecule has 0 bridgehead atoms. The quantitative estimate of drug-likeness (QED) is 0.647. The van der Waals surface area contributed by atoms with E-state index in [0.717, 1.165) is 12.1 Å². The first-order valence-electron chi connectivity index (χ1n) is 7.13. The highest BCUT2D eigenvalue weighted by atomic mass is 35.5. The zero-order valence-electron chi connectivity index (χ0n) is 12.9. The Balaban J connectivity index is 2.21. The Labute approximate surface area is 145 Å². The van der Waals surface area contributed by atoms with Crippen LogP contribution in [-0.2, 0) is 6.18 Å². The van der Waals surface area contributed by atoms with E-state index in [1.165, 1.54) is 19.3 Å². The third-order valence-corrected chi connectivity index (χ3v) is 3.77. The van der Waals surface area contributed by atoms with Gasteiger partial charge < -0.3 is 14.8 Å². The number of nitrogens with zero attached hydrogens (tertiary/aromatic N) is 1. The van der Waals surface area contributed by atoms with E-state index in [2.05, 4.69) is 10.3 Å². The van der Waals surface area contributed by atoms with Gasteiger partial charge in [0.15, 0.2) is 11.5 Å². The summed E-state index contributed by atoms with van der Waals surface area (Å²) in [5.74, 6) is -0.0829. The average Bonchev–Trinajstić information content (AvgIpc) is 2.91. The summed E-state index contributed by atoms with van der Waals surface area (Å²) in [6.45, 7) is 0. The molecular weight excluding hydrogens is 357 g/mol. The Morgan fingerprint density at radius 1 is 1.20 bits per heavy atom. The molecule has 25 heavy (non-hydrogen) atoms. The maximum atomic E-state index is 13.0. The monoisotopic (exact) mass is 368 g/mol. The van der Waals surface area contributed by atoms with Gasteiger partial charge in [0.1, 0.15) is 0 Å². The summed E-state index contributed by atoms with van der Waals surface area (Å²) in [5, 5.41) is 13.2. The largest absolute Gasteiger partial charge is 0.504 e. The van der Waals surface area contributed by atoms with E-state index in [0.29, 0.717) is 5.56 Å². The van der Waals surface area contributed by atoms with E-state index in [1.807, 2.05) is 0 Å². The number of rotatable bonds is 3. The van der Waals surface area contributed by atoms with Crippen molar-refractivity contribution in [3.8, 4) is 28.2 Å². The fourth-order valence-electron chi connectivity index (χ4n) is 2.46. The van der Waals surface area contributed by atoms with Crippen molar-refractivity contribution in [1.82, 2.24) is 4.98 Å². The number of anilines is 1. The molecule has 2 heterocycles. The molecule has 0 unspecified atom stereocenters. The molecule has 0 saturated heterocycles. The molecule has 0 atom stereocenters. The Kier molecular flexibility index (Phi) is 4.34. The van der Waals surface area contributed by atoms with Crippen LogP contribution in [0.1, 0.15) is 5.56 Å². The molecular formula is C17H12ClF3N2O2. The van der Waals surface area contributed by atoms with Crippen LogP contribution < -0.4 is 5.32 Å². The number of nitrogens with one attached hydrogen (secondary N) is 1. The summed E-state index contributed by atoms with van der Waals surface area (Å²) in [6.07, 6.45) is -1.54. The highest BCUT2D eigenvalue weighted by Gasteiger charge is 2.32. The van der Waals surface area contributed by atoms with Crippen molar-refractivity contribution in [3.05, 3.63) is 53.3 Å². The van der Waals surface area contributed by atoms with Gasteiger partial charge in [-0.05, 0) is 35.9 Å². The van der Waals surface area contributed by atoms with Crippen molar-refractivity contribution >= 4 is 17.5 Å². The second-order valence-corrected chi connectivity index (χ2v) is 5.64. The smallest absolute Gasteiger partial charge is 0.416 e. The molecule has 0 aliphatic heterocycles. The van der Waals surface area contributed by atoms with Gasteiger partial charge in [0.25, 0.3) is 0 Å². The number of furan rings is 1. The molecule has 8 heteroatoms. The third kappa shape index (κ3) is 3.28. The first kappa shape index (κ1) is 17.2. The fraction of sp³-hybridized carbons (Fsp3) is 0.118. The Hall–Kier alpha value is -2.67. The molecule has 2 aromatic heterocycles. The van der Waals surface area contributed by atoms with Gasteiger partial charge in [-0.2, -0.15) is 13.2 Å². The lowest BCUT2D eigenvalue weighted by atomic mass is 10.0. The van der Waals surface area contributed by atoms with Crippen molar-refractivity contribution in [3.63, 3.8) is 0 Å². The van der Waals surface area contributed by atoms with E-state index in [-0.39, 0.29) is 33.5 Å². The summed E-state index contributed by atoms with van der Waals surface area (Å²) < 4.78 is 44.7. The number of halogens is 4. The maximum absolute atomic E-state index is 13.0. The average molecular weight is 369 g/mol. The minimum Gasteiger partial charge on any atom is -0.504 e. The maximum Gasteiger partial charge on any atom is 0.416 e. The minimum atomic E-state index is -4.56. The summed E-state index contributed by atoms with van der Waals surface area (Å²) in [6, 6.07) is 6.37. The van der Waals surface area contributed by atoms with E-state index in [9.17, 15) is 18.3 Å². The van der Waals surface area contributed by atoms with Crippen molar-refractivity contribution in [1.29, 1.82) is 0 Å². The highest BCUT2D eigenvalue weighted by Crippen LogP contribution is 2.47. The van der Waals surface area contributed by atoms with Crippen molar-refractivity contribution in [2.75, 3.05) is 12.4 Å². The van der Waals surface area contributed by atoms with Crippen molar-refractivity contribution in [2.45, 2.75) is 6.18 Å². The molecule has 0 aliphatic carbocycles. The van der Waals surface area contributed by atoms with Gasteiger partial charge in [-0.25, -0.2) is 0 Å².